The van der Waals surface area contributed by atoms with Crippen LogP contribution in [0.4, 0.5) is 14.5 Å². The van der Waals surface area contributed by atoms with Gasteiger partial charge in [0.25, 0.3) is 11.6 Å². The summed E-state index contributed by atoms with van der Waals surface area (Å²) in [6.45, 7) is -2.68. The lowest BCUT2D eigenvalue weighted by atomic mass is 10.1. The number of nitro groups is 1. The minimum atomic E-state index is -2.89. The van der Waals surface area contributed by atoms with Gasteiger partial charge in [0.15, 0.2) is 0 Å². The average Bonchev–Trinajstić information content (AvgIpc) is 2.55. The van der Waals surface area contributed by atoms with Crippen LogP contribution < -0.4 is 10.1 Å². The first-order valence-electron chi connectivity index (χ1n) is 7.12. The van der Waals surface area contributed by atoms with Crippen molar-refractivity contribution in [1.82, 2.24) is 5.32 Å². The molecule has 0 spiro atoms. The van der Waals surface area contributed by atoms with Crippen molar-refractivity contribution in [2.24, 2.45) is 0 Å². The maximum absolute atomic E-state index is 12.1. The summed E-state index contributed by atoms with van der Waals surface area (Å²) in [5.74, 6) is -0.579. The predicted octanol–water partition coefficient (Wildman–Crippen LogP) is 3.82. The quantitative estimate of drug-likeness (QED) is 0.593. The molecule has 0 aliphatic heterocycles. The molecule has 6 nitrogen and oxygen atoms in total. The highest BCUT2D eigenvalue weighted by atomic mass is 35.5. The van der Waals surface area contributed by atoms with Crippen LogP contribution in [0.3, 0.4) is 0 Å². The molecular weight excluding hydrogens is 358 g/mol. The summed E-state index contributed by atoms with van der Waals surface area (Å²) >= 11 is 5.78. The first kappa shape index (κ1) is 18.6. The van der Waals surface area contributed by atoms with Crippen molar-refractivity contribution >= 4 is 23.2 Å². The fourth-order valence-corrected chi connectivity index (χ4v) is 2.27. The second-order valence-electron chi connectivity index (χ2n) is 4.95. The van der Waals surface area contributed by atoms with E-state index in [9.17, 15) is 23.7 Å². The maximum atomic E-state index is 12.1. The standard InChI is InChI=1S/C16H13ClF2N2O4/c17-11-3-6-14(21(23)24)13(9-11)15(22)20-8-7-10-1-4-12(5-2-10)25-16(18)19/h1-6,9,16H,7-8H2,(H,20,22). The first-order chi connectivity index (χ1) is 11.9. The molecule has 1 N–H and O–H groups in total. The van der Waals surface area contributed by atoms with Crippen LogP contribution in [0.2, 0.25) is 5.02 Å². The normalized spacial score (nSPS) is 10.6. The van der Waals surface area contributed by atoms with Crippen molar-refractivity contribution in [1.29, 1.82) is 0 Å². The van der Waals surface area contributed by atoms with Crippen LogP contribution in [0.5, 0.6) is 5.75 Å². The summed E-state index contributed by atoms with van der Waals surface area (Å²) in [6, 6.07) is 9.69. The van der Waals surface area contributed by atoms with Crippen LogP contribution in [0, 0.1) is 10.1 Å². The average molecular weight is 371 g/mol. The Labute approximate surface area is 146 Å². The number of alkyl halides is 2. The molecule has 0 radical (unpaired) electrons. The highest BCUT2D eigenvalue weighted by molar-refractivity contribution is 6.31. The molecule has 25 heavy (non-hydrogen) atoms. The van der Waals surface area contributed by atoms with Crippen LogP contribution in [-0.4, -0.2) is 24.0 Å². The van der Waals surface area contributed by atoms with E-state index in [2.05, 4.69) is 10.1 Å². The van der Waals surface area contributed by atoms with Crippen molar-refractivity contribution in [3.63, 3.8) is 0 Å². The number of carbonyl (C=O) groups excluding carboxylic acids is 1. The Bertz CT molecular complexity index is 769. The van der Waals surface area contributed by atoms with Crippen molar-refractivity contribution in [2.45, 2.75) is 13.0 Å². The topological polar surface area (TPSA) is 81.5 Å². The fraction of sp³-hybridized carbons (Fsp3) is 0.188. The number of hydrogen-bond acceptors (Lipinski definition) is 4. The Morgan fingerprint density at radius 3 is 2.52 bits per heavy atom. The number of nitro benzene ring substituents is 1. The summed E-state index contributed by atoms with van der Waals surface area (Å²) in [6.07, 6.45) is 0.412. The van der Waals surface area contributed by atoms with Crippen LogP contribution in [0.25, 0.3) is 0 Å². The van der Waals surface area contributed by atoms with Crippen molar-refractivity contribution in [2.75, 3.05) is 6.54 Å². The van der Waals surface area contributed by atoms with Crippen molar-refractivity contribution < 1.29 is 23.2 Å². The number of amides is 1. The second kappa shape index (κ2) is 8.39. The van der Waals surface area contributed by atoms with Crippen LogP contribution in [0.1, 0.15) is 15.9 Å². The van der Waals surface area contributed by atoms with Crippen molar-refractivity contribution in [3.8, 4) is 5.75 Å². The van der Waals surface area contributed by atoms with E-state index in [4.69, 9.17) is 11.6 Å². The number of rotatable bonds is 7. The first-order valence-corrected chi connectivity index (χ1v) is 7.50. The fourth-order valence-electron chi connectivity index (χ4n) is 2.10. The Hall–Kier alpha value is -2.74. The molecule has 0 bridgehead atoms. The zero-order chi connectivity index (χ0) is 18.4. The molecule has 9 heteroatoms. The summed E-state index contributed by atoms with van der Waals surface area (Å²) in [5.41, 5.74) is 0.316. The van der Waals surface area contributed by atoms with Gasteiger partial charge in [0.05, 0.1) is 4.92 Å². The molecule has 2 aromatic carbocycles. The van der Waals surface area contributed by atoms with E-state index in [-0.39, 0.29) is 28.6 Å². The lowest BCUT2D eigenvalue weighted by molar-refractivity contribution is -0.385. The lowest BCUT2D eigenvalue weighted by Gasteiger charge is -2.08. The number of halogens is 3. The van der Waals surface area contributed by atoms with E-state index in [1.165, 1.54) is 30.3 Å². The summed E-state index contributed by atoms with van der Waals surface area (Å²) in [4.78, 5) is 22.4. The third-order valence-corrected chi connectivity index (χ3v) is 3.48. The van der Waals surface area contributed by atoms with Gasteiger partial charge in [-0.2, -0.15) is 8.78 Å². The SMILES string of the molecule is O=C(NCCc1ccc(OC(F)F)cc1)c1cc(Cl)ccc1[N+](=O)[O-]. The number of nitrogens with zero attached hydrogens (tertiary/aromatic N) is 1. The van der Waals surface area contributed by atoms with E-state index in [1.807, 2.05) is 0 Å². The molecule has 0 fully saturated rings. The van der Waals surface area contributed by atoms with Crippen LogP contribution in [-0.2, 0) is 6.42 Å². The van der Waals surface area contributed by atoms with Gasteiger partial charge in [-0.05, 0) is 36.2 Å². The predicted molar refractivity (Wildman–Crippen MR) is 87.2 cm³/mol. The molecule has 2 rings (SSSR count). The molecule has 0 atom stereocenters. The van der Waals surface area contributed by atoms with Gasteiger partial charge in [-0.15, -0.1) is 0 Å². The molecule has 0 heterocycles. The molecule has 0 saturated heterocycles. The number of hydrogen-bond donors (Lipinski definition) is 1. The molecule has 132 valence electrons. The Kier molecular flexibility index (Phi) is 6.24. The van der Waals surface area contributed by atoms with Gasteiger partial charge < -0.3 is 10.1 Å². The number of benzene rings is 2. The monoisotopic (exact) mass is 370 g/mol. The minimum Gasteiger partial charge on any atom is -0.435 e. The molecule has 2 aromatic rings. The van der Waals surface area contributed by atoms with E-state index in [1.54, 1.807) is 12.1 Å². The molecule has 0 aliphatic carbocycles. The Morgan fingerprint density at radius 1 is 1.24 bits per heavy atom. The van der Waals surface area contributed by atoms with Gasteiger partial charge >= 0.3 is 6.61 Å². The molecule has 0 saturated carbocycles. The van der Waals surface area contributed by atoms with Gasteiger partial charge in [0.1, 0.15) is 11.3 Å². The third kappa shape index (κ3) is 5.39. The van der Waals surface area contributed by atoms with E-state index in [0.29, 0.717) is 6.42 Å². The van der Waals surface area contributed by atoms with Gasteiger partial charge in [0.2, 0.25) is 0 Å². The van der Waals surface area contributed by atoms with Gasteiger partial charge in [0, 0.05) is 17.6 Å². The smallest absolute Gasteiger partial charge is 0.387 e. The lowest BCUT2D eigenvalue weighted by Crippen LogP contribution is -2.26. The second-order valence-corrected chi connectivity index (χ2v) is 5.38. The van der Waals surface area contributed by atoms with Crippen LogP contribution in [0.15, 0.2) is 42.5 Å². The molecule has 1 amide bonds. The molecule has 0 aliphatic rings. The summed E-state index contributed by atoms with van der Waals surface area (Å²) < 4.78 is 28.4. The number of carbonyl (C=O) groups is 1. The van der Waals surface area contributed by atoms with Gasteiger partial charge in [-0.1, -0.05) is 23.7 Å². The Balaban J connectivity index is 1.95. The summed E-state index contributed by atoms with van der Waals surface area (Å²) in [7, 11) is 0. The largest absolute Gasteiger partial charge is 0.435 e. The van der Waals surface area contributed by atoms with Crippen molar-refractivity contribution in [3.05, 3.63) is 68.7 Å². The van der Waals surface area contributed by atoms with E-state index >= 15 is 0 Å². The van der Waals surface area contributed by atoms with E-state index < -0.39 is 17.4 Å². The zero-order valence-electron chi connectivity index (χ0n) is 12.7. The molecule has 0 aromatic heterocycles. The van der Waals surface area contributed by atoms with Crippen LogP contribution >= 0.6 is 11.6 Å². The maximum Gasteiger partial charge on any atom is 0.387 e. The zero-order valence-corrected chi connectivity index (χ0v) is 13.5. The molecule has 0 unspecified atom stereocenters. The highest BCUT2D eigenvalue weighted by Gasteiger charge is 2.20. The highest BCUT2D eigenvalue weighted by Crippen LogP contribution is 2.22. The number of nitrogens with one attached hydrogen (secondary N) is 1. The van der Waals surface area contributed by atoms with E-state index in [0.717, 1.165) is 5.56 Å². The van der Waals surface area contributed by atoms with Gasteiger partial charge in [-0.3, -0.25) is 14.9 Å². The third-order valence-electron chi connectivity index (χ3n) is 3.25. The molecular formula is C16H13ClF2N2O4. The Morgan fingerprint density at radius 2 is 1.92 bits per heavy atom. The number of ether oxygens (including phenoxy) is 1. The summed E-state index contributed by atoms with van der Waals surface area (Å²) in [5, 5.41) is 13.7. The van der Waals surface area contributed by atoms with Gasteiger partial charge in [-0.25, -0.2) is 0 Å². The minimum absolute atomic E-state index is 0.0392.